The molecule has 0 saturated heterocycles. The van der Waals surface area contributed by atoms with Gasteiger partial charge in [-0.3, -0.25) is 0 Å². The molecule has 8 heteroatoms. The van der Waals surface area contributed by atoms with Gasteiger partial charge in [-0.25, -0.2) is 0 Å². The number of halogens is 3. The molecule has 0 N–H and O–H groups in total. The molecule has 166 valence electrons. The van der Waals surface area contributed by atoms with Crippen LogP contribution in [0.4, 0.5) is 0 Å². The molecular weight excluding hydrogens is 439 g/mol. The summed E-state index contributed by atoms with van der Waals surface area (Å²) in [6, 6.07) is -0.500. The molecule has 0 radical (unpaired) electrons. The smallest absolute Gasteiger partial charge is 0.374 e. The van der Waals surface area contributed by atoms with Gasteiger partial charge in [-0.15, -0.1) is 33.2 Å². The summed E-state index contributed by atoms with van der Waals surface area (Å²) in [4.78, 5) is 0. The van der Waals surface area contributed by atoms with Crippen LogP contribution in [0.3, 0.4) is 0 Å². The second kappa shape index (κ2) is 20.5. The highest BCUT2D eigenvalue weighted by Crippen LogP contribution is 2.27. The quantitative estimate of drug-likeness (QED) is 0.119. The Morgan fingerprint density at radius 2 is 0.889 bits per heavy atom. The van der Waals surface area contributed by atoms with Gasteiger partial charge in [-0.2, -0.15) is 0 Å². The van der Waals surface area contributed by atoms with Crippen LogP contribution in [0.5, 0.6) is 0 Å². The predicted molar refractivity (Wildman–Crippen MR) is 126 cm³/mol. The Morgan fingerprint density at radius 1 is 0.519 bits per heavy atom. The molecule has 0 bridgehead atoms. The minimum atomic E-state index is -2.36. The number of hydrogen-bond donors (Lipinski definition) is 0. The molecular formula is C19H43Cl3O3Si2. The lowest BCUT2D eigenvalue weighted by Crippen LogP contribution is -2.45. The Kier molecular flexibility index (Phi) is 23.0. The van der Waals surface area contributed by atoms with Crippen LogP contribution in [0.15, 0.2) is 0 Å². The van der Waals surface area contributed by atoms with Crippen molar-refractivity contribution in [1.29, 1.82) is 0 Å². The first-order valence-electron chi connectivity index (χ1n) is 10.8. The van der Waals surface area contributed by atoms with Gasteiger partial charge in [0.2, 0.25) is 0 Å². The van der Waals surface area contributed by atoms with Crippen molar-refractivity contribution in [3.8, 4) is 0 Å². The zero-order chi connectivity index (χ0) is 21.0. The van der Waals surface area contributed by atoms with Crippen molar-refractivity contribution in [2.24, 2.45) is 0 Å². The maximum Gasteiger partial charge on any atom is 0.500 e. The van der Waals surface area contributed by atoms with E-state index in [2.05, 4.69) is 13.8 Å². The topological polar surface area (TPSA) is 27.7 Å². The monoisotopic (exact) mass is 480 g/mol. The van der Waals surface area contributed by atoms with E-state index in [4.69, 9.17) is 46.5 Å². The minimum Gasteiger partial charge on any atom is -0.374 e. The Hall–Kier alpha value is 1.18. The average molecular weight is 482 g/mol. The first kappa shape index (κ1) is 30.4. The molecule has 0 rings (SSSR count). The first-order chi connectivity index (χ1) is 12.8. The van der Waals surface area contributed by atoms with Crippen LogP contribution >= 0.6 is 33.2 Å². The van der Waals surface area contributed by atoms with Crippen LogP contribution in [0.2, 0.25) is 12.1 Å². The molecule has 0 fully saturated rings. The van der Waals surface area contributed by atoms with Crippen molar-refractivity contribution < 1.29 is 13.3 Å². The fourth-order valence-electron chi connectivity index (χ4n) is 2.70. The normalized spacial score (nSPS) is 12.0. The molecule has 0 aliphatic heterocycles. The van der Waals surface area contributed by atoms with Gasteiger partial charge >= 0.3 is 14.8 Å². The van der Waals surface area contributed by atoms with Gasteiger partial charge in [-0.05, 0) is 33.2 Å². The number of unbranched alkanes of at least 4 members (excludes halogenated alkanes) is 7. The molecule has 0 amide bonds. The SMILES string of the molecule is CCCCCCCC[Si](OCC)(OCC)OCC.CCCCC[Si](Cl)(Cl)Cl. The Bertz CT molecular complexity index is 289. The molecule has 0 saturated carbocycles. The van der Waals surface area contributed by atoms with E-state index in [1.807, 2.05) is 20.8 Å². The van der Waals surface area contributed by atoms with E-state index >= 15 is 0 Å². The van der Waals surface area contributed by atoms with E-state index in [9.17, 15) is 0 Å². The van der Waals surface area contributed by atoms with Crippen LogP contribution in [0.1, 0.15) is 92.4 Å². The highest BCUT2D eigenvalue weighted by molar-refractivity contribution is 7.64. The van der Waals surface area contributed by atoms with E-state index in [1.165, 1.54) is 44.9 Å². The summed E-state index contributed by atoms with van der Waals surface area (Å²) in [5.74, 6) is 0. The lowest BCUT2D eigenvalue weighted by atomic mass is 10.1. The maximum atomic E-state index is 5.83. The van der Waals surface area contributed by atoms with Crippen molar-refractivity contribution in [2.75, 3.05) is 19.8 Å². The van der Waals surface area contributed by atoms with E-state index < -0.39 is 14.8 Å². The van der Waals surface area contributed by atoms with Crippen LogP contribution in [0, 0.1) is 0 Å². The van der Waals surface area contributed by atoms with Crippen LogP contribution in [0.25, 0.3) is 0 Å². The molecule has 0 unspecified atom stereocenters. The standard InChI is InChI=1S/C14H32O3Si.C5H11Cl3Si/c1-5-9-10-11-12-13-14-18(15-6-2,16-7-3)17-8-4;1-2-3-4-5-9(6,7)8/h5-14H2,1-4H3;2-5H2,1H3. The van der Waals surface area contributed by atoms with Crippen LogP contribution in [-0.2, 0) is 13.3 Å². The Labute approximate surface area is 185 Å². The molecule has 0 heterocycles. The largest absolute Gasteiger partial charge is 0.500 e. The molecule has 0 atom stereocenters. The van der Waals surface area contributed by atoms with Gasteiger partial charge in [0, 0.05) is 25.9 Å². The van der Waals surface area contributed by atoms with Gasteiger partial charge in [-0.1, -0.05) is 65.2 Å². The van der Waals surface area contributed by atoms with Crippen LogP contribution < -0.4 is 0 Å². The molecule has 27 heavy (non-hydrogen) atoms. The maximum absolute atomic E-state index is 5.83. The lowest BCUT2D eigenvalue weighted by Gasteiger charge is -2.28. The van der Waals surface area contributed by atoms with Crippen molar-refractivity contribution in [3.63, 3.8) is 0 Å². The van der Waals surface area contributed by atoms with E-state index in [1.54, 1.807) is 0 Å². The summed E-state index contributed by atoms with van der Waals surface area (Å²) in [5.41, 5.74) is 0. The average Bonchev–Trinajstić information content (AvgIpc) is 2.58. The highest BCUT2D eigenvalue weighted by Gasteiger charge is 2.39. The molecule has 0 spiro atoms. The summed E-state index contributed by atoms with van der Waals surface area (Å²) >= 11 is 16.9. The fraction of sp³-hybridized carbons (Fsp3) is 1.00. The number of rotatable bonds is 17. The lowest BCUT2D eigenvalue weighted by molar-refractivity contribution is 0.0706. The third-order valence-corrected chi connectivity index (χ3v) is 9.77. The summed E-state index contributed by atoms with van der Waals surface area (Å²) in [6.07, 6.45) is 11.2. The fourth-order valence-corrected chi connectivity index (χ4v) is 7.24. The third-order valence-electron chi connectivity index (χ3n) is 3.99. The molecule has 3 nitrogen and oxygen atoms in total. The molecule has 0 aliphatic rings. The second-order valence-corrected chi connectivity index (χ2v) is 18.6. The highest BCUT2D eigenvalue weighted by atomic mass is 35.8. The summed E-state index contributed by atoms with van der Waals surface area (Å²) in [7, 11) is -2.36. The molecule has 0 aromatic rings. The Balaban J connectivity index is 0. The van der Waals surface area contributed by atoms with Crippen molar-refractivity contribution in [3.05, 3.63) is 0 Å². The van der Waals surface area contributed by atoms with Crippen molar-refractivity contribution in [2.45, 2.75) is 104 Å². The van der Waals surface area contributed by atoms with Crippen LogP contribution in [-0.4, -0.2) is 34.6 Å². The van der Waals surface area contributed by atoms with Gasteiger partial charge < -0.3 is 13.3 Å². The third kappa shape index (κ3) is 21.7. The zero-order valence-corrected chi connectivity index (χ0v) is 22.5. The molecule has 0 aliphatic carbocycles. The van der Waals surface area contributed by atoms with Gasteiger partial charge in [0.25, 0.3) is 0 Å². The van der Waals surface area contributed by atoms with Crippen molar-refractivity contribution >= 4 is 48.0 Å². The number of hydrogen-bond acceptors (Lipinski definition) is 3. The second-order valence-electron chi connectivity index (χ2n) is 6.57. The van der Waals surface area contributed by atoms with E-state index in [-0.39, 0.29) is 0 Å². The van der Waals surface area contributed by atoms with E-state index in [0.717, 1.165) is 24.9 Å². The zero-order valence-electron chi connectivity index (χ0n) is 18.3. The van der Waals surface area contributed by atoms with E-state index in [0.29, 0.717) is 19.8 Å². The minimum absolute atomic E-state index is 0.683. The first-order valence-corrected chi connectivity index (χ1v) is 18.0. The summed E-state index contributed by atoms with van der Waals surface area (Å²) in [5, 5.41) is 0. The summed E-state index contributed by atoms with van der Waals surface area (Å²) < 4.78 is 17.5. The Morgan fingerprint density at radius 3 is 1.30 bits per heavy atom. The van der Waals surface area contributed by atoms with Gasteiger partial charge in [0.05, 0.1) is 0 Å². The molecule has 0 aromatic heterocycles. The molecule has 0 aromatic carbocycles. The predicted octanol–water partition coefficient (Wildman–Crippen LogP) is 8.23. The van der Waals surface area contributed by atoms with Gasteiger partial charge in [0.1, 0.15) is 0 Å². The van der Waals surface area contributed by atoms with Gasteiger partial charge in [0.15, 0.2) is 0 Å². The van der Waals surface area contributed by atoms with Crippen molar-refractivity contribution in [1.82, 2.24) is 0 Å². The summed E-state index contributed by atoms with van der Waals surface area (Å²) in [6.45, 7) is 12.5.